The van der Waals surface area contributed by atoms with Crippen molar-refractivity contribution in [2.45, 2.75) is 25.3 Å². The van der Waals surface area contributed by atoms with Crippen molar-refractivity contribution < 1.29 is 14.4 Å². The van der Waals surface area contributed by atoms with E-state index in [0.29, 0.717) is 30.5 Å². The van der Waals surface area contributed by atoms with Crippen LogP contribution < -0.4 is 0 Å². The molecule has 2 heterocycles. The van der Waals surface area contributed by atoms with Crippen LogP contribution in [0.5, 0.6) is 0 Å². The zero-order valence-electron chi connectivity index (χ0n) is 16.0. The monoisotopic (exact) mass is 389 g/mol. The van der Waals surface area contributed by atoms with E-state index < -0.39 is 0 Å². The number of hydrogen-bond acceptors (Lipinski definition) is 5. The number of carbonyl (C=O) groups is 3. The number of fused-ring (bicyclic) bond motifs is 1. The lowest BCUT2D eigenvalue weighted by atomic mass is 10.1. The first kappa shape index (κ1) is 19.9. The fourth-order valence-electron chi connectivity index (χ4n) is 3.70. The summed E-state index contributed by atoms with van der Waals surface area (Å²) < 4.78 is 0. The molecule has 0 aliphatic carbocycles. The van der Waals surface area contributed by atoms with Crippen molar-refractivity contribution in [1.82, 2.24) is 14.7 Å². The van der Waals surface area contributed by atoms with E-state index in [-0.39, 0.29) is 23.8 Å². The van der Waals surface area contributed by atoms with Gasteiger partial charge in [0.05, 0.1) is 17.2 Å². The highest BCUT2D eigenvalue weighted by Crippen LogP contribution is 2.23. The molecular weight excluding hydrogens is 362 g/mol. The molecule has 146 valence electrons. The fraction of sp³-hybridized carbons (Fsp3) is 0.550. The highest BCUT2D eigenvalue weighted by Gasteiger charge is 2.35. The number of likely N-dealkylation sites (N-methyl/N-ethyl adjacent to an activating group) is 1. The van der Waals surface area contributed by atoms with Gasteiger partial charge in [0.2, 0.25) is 5.91 Å². The van der Waals surface area contributed by atoms with Crippen molar-refractivity contribution in [2.75, 3.05) is 45.2 Å². The zero-order chi connectivity index (χ0) is 19.4. The number of hydrogen-bond donors (Lipinski definition) is 0. The van der Waals surface area contributed by atoms with Crippen molar-refractivity contribution >= 4 is 29.5 Å². The van der Waals surface area contributed by atoms with Crippen LogP contribution in [0.25, 0.3) is 0 Å². The van der Waals surface area contributed by atoms with Crippen molar-refractivity contribution in [3.63, 3.8) is 0 Å². The Morgan fingerprint density at radius 1 is 1.19 bits per heavy atom. The number of thioether (sulfide) groups is 1. The highest BCUT2D eigenvalue weighted by molar-refractivity contribution is 7.99. The Labute approximate surface area is 164 Å². The molecule has 0 spiro atoms. The van der Waals surface area contributed by atoms with Gasteiger partial charge in [-0.15, -0.1) is 0 Å². The van der Waals surface area contributed by atoms with E-state index in [1.54, 1.807) is 24.3 Å². The molecular formula is C20H27N3O3S. The number of benzene rings is 1. The summed E-state index contributed by atoms with van der Waals surface area (Å²) in [5.41, 5.74) is 0.925. The van der Waals surface area contributed by atoms with Gasteiger partial charge in [-0.1, -0.05) is 12.1 Å². The van der Waals surface area contributed by atoms with Crippen molar-refractivity contribution in [3.05, 3.63) is 35.4 Å². The van der Waals surface area contributed by atoms with Crippen molar-refractivity contribution in [3.8, 4) is 0 Å². The fourth-order valence-corrected chi connectivity index (χ4v) is 4.76. The minimum Gasteiger partial charge on any atom is -0.338 e. The Bertz CT molecular complexity index is 687. The number of rotatable bonds is 6. The molecule has 1 fully saturated rings. The average Bonchev–Trinajstić information content (AvgIpc) is 2.80. The van der Waals surface area contributed by atoms with Crippen LogP contribution in [0.4, 0.5) is 0 Å². The summed E-state index contributed by atoms with van der Waals surface area (Å²) in [4.78, 5) is 43.0. The molecule has 2 aliphatic rings. The summed E-state index contributed by atoms with van der Waals surface area (Å²) in [6, 6.07) is 7.11. The number of nitrogens with zero attached hydrogens (tertiary/aromatic N) is 3. The summed E-state index contributed by atoms with van der Waals surface area (Å²) in [6.07, 6.45) is 1.88. The Morgan fingerprint density at radius 2 is 1.85 bits per heavy atom. The normalized spacial score (nSPS) is 20.2. The molecule has 3 amide bonds. The second-order valence-electron chi connectivity index (χ2n) is 7.34. The average molecular weight is 390 g/mol. The molecule has 0 aromatic heterocycles. The maximum absolute atomic E-state index is 12.8. The second kappa shape index (κ2) is 8.89. The third-order valence-electron chi connectivity index (χ3n) is 4.99. The molecule has 2 aliphatic heterocycles. The summed E-state index contributed by atoms with van der Waals surface area (Å²) in [5, 5.41) is 0. The van der Waals surface area contributed by atoms with Crippen LogP contribution in [-0.2, 0) is 4.79 Å². The van der Waals surface area contributed by atoms with Crippen LogP contribution in [0, 0.1) is 0 Å². The SMILES string of the molecule is CN(C)CC1CSCCCN1C(=O)CCCN1C(=O)c2ccccc2C1=O. The summed E-state index contributed by atoms with van der Waals surface area (Å²) in [7, 11) is 4.06. The lowest BCUT2D eigenvalue weighted by molar-refractivity contribution is -0.133. The van der Waals surface area contributed by atoms with E-state index in [2.05, 4.69) is 4.90 Å². The second-order valence-corrected chi connectivity index (χ2v) is 8.49. The van der Waals surface area contributed by atoms with Crippen LogP contribution in [-0.4, -0.2) is 83.7 Å². The topological polar surface area (TPSA) is 60.9 Å². The minimum absolute atomic E-state index is 0.126. The Kier molecular flexibility index (Phi) is 6.55. The molecule has 0 saturated carbocycles. The molecule has 0 radical (unpaired) electrons. The quantitative estimate of drug-likeness (QED) is 0.696. The van der Waals surface area contributed by atoms with Gasteiger partial charge >= 0.3 is 0 Å². The van der Waals surface area contributed by atoms with Gasteiger partial charge in [0.25, 0.3) is 11.8 Å². The highest BCUT2D eigenvalue weighted by atomic mass is 32.2. The maximum Gasteiger partial charge on any atom is 0.261 e. The first-order chi connectivity index (χ1) is 13.0. The molecule has 1 atom stereocenters. The van der Waals surface area contributed by atoms with Crippen LogP contribution in [0.2, 0.25) is 0 Å². The third-order valence-corrected chi connectivity index (χ3v) is 6.18. The van der Waals surface area contributed by atoms with Crippen molar-refractivity contribution in [2.24, 2.45) is 0 Å². The molecule has 1 saturated heterocycles. The van der Waals surface area contributed by atoms with E-state index in [1.165, 1.54) is 4.90 Å². The van der Waals surface area contributed by atoms with E-state index in [0.717, 1.165) is 31.0 Å². The first-order valence-electron chi connectivity index (χ1n) is 9.46. The Morgan fingerprint density at radius 3 is 2.48 bits per heavy atom. The summed E-state index contributed by atoms with van der Waals surface area (Å²) in [6.45, 7) is 1.94. The van der Waals surface area contributed by atoms with Gasteiger partial charge in [0.15, 0.2) is 0 Å². The third kappa shape index (κ3) is 4.52. The lowest BCUT2D eigenvalue weighted by Gasteiger charge is -2.32. The predicted molar refractivity (Wildman–Crippen MR) is 107 cm³/mol. The molecule has 1 unspecified atom stereocenters. The van der Waals surface area contributed by atoms with Gasteiger partial charge < -0.3 is 9.80 Å². The predicted octanol–water partition coefficient (Wildman–Crippen LogP) is 1.96. The van der Waals surface area contributed by atoms with Gasteiger partial charge in [0.1, 0.15) is 0 Å². The minimum atomic E-state index is -0.250. The molecule has 27 heavy (non-hydrogen) atoms. The van der Waals surface area contributed by atoms with Crippen LogP contribution in [0.1, 0.15) is 40.0 Å². The number of carbonyl (C=O) groups excluding carboxylic acids is 3. The first-order valence-corrected chi connectivity index (χ1v) is 10.6. The molecule has 0 bridgehead atoms. The molecule has 1 aromatic carbocycles. The van der Waals surface area contributed by atoms with E-state index in [4.69, 9.17) is 0 Å². The maximum atomic E-state index is 12.8. The van der Waals surface area contributed by atoms with E-state index >= 15 is 0 Å². The Hall–Kier alpha value is -1.86. The molecule has 6 nitrogen and oxygen atoms in total. The van der Waals surface area contributed by atoms with Crippen LogP contribution in [0.3, 0.4) is 0 Å². The van der Waals surface area contributed by atoms with Crippen LogP contribution >= 0.6 is 11.8 Å². The number of amides is 3. The standard InChI is InChI=1S/C20H27N3O3S/c1-21(2)13-15-14-27-12-6-11-22(15)18(24)9-5-10-23-19(25)16-7-3-4-8-17(16)20(23)26/h3-4,7-8,15H,5-6,9-14H2,1-2H3. The number of imide groups is 1. The smallest absolute Gasteiger partial charge is 0.261 e. The van der Waals surface area contributed by atoms with Gasteiger partial charge in [-0.25, -0.2) is 0 Å². The molecule has 0 N–H and O–H groups in total. The van der Waals surface area contributed by atoms with Gasteiger partial charge in [-0.05, 0) is 44.8 Å². The molecule has 7 heteroatoms. The molecule has 3 rings (SSSR count). The van der Waals surface area contributed by atoms with Gasteiger partial charge in [0, 0.05) is 31.8 Å². The van der Waals surface area contributed by atoms with Crippen molar-refractivity contribution in [1.29, 1.82) is 0 Å². The van der Waals surface area contributed by atoms with Gasteiger partial charge in [-0.3, -0.25) is 19.3 Å². The zero-order valence-corrected chi connectivity index (χ0v) is 16.8. The summed E-state index contributed by atoms with van der Waals surface area (Å²) in [5.74, 6) is 1.67. The largest absolute Gasteiger partial charge is 0.338 e. The molecule has 1 aromatic rings. The van der Waals surface area contributed by atoms with Gasteiger partial charge in [-0.2, -0.15) is 11.8 Å². The lowest BCUT2D eigenvalue weighted by Crippen LogP contribution is -2.46. The Balaban J connectivity index is 1.56. The van der Waals surface area contributed by atoms with E-state index in [1.807, 2.05) is 30.8 Å². The summed E-state index contributed by atoms with van der Waals surface area (Å²) >= 11 is 1.91. The van der Waals surface area contributed by atoms with E-state index in [9.17, 15) is 14.4 Å². The van der Waals surface area contributed by atoms with Crippen LogP contribution in [0.15, 0.2) is 24.3 Å².